The van der Waals surface area contributed by atoms with E-state index in [1.165, 1.54) is 0 Å². The number of carbonyl (C=O) groups is 2. The lowest BCUT2D eigenvalue weighted by Crippen LogP contribution is -2.30. The molecule has 0 radical (unpaired) electrons. The summed E-state index contributed by atoms with van der Waals surface area (Å²) in [7, 11) is 0. The number of benzene rings is 3. The van der Waals surface area contributed by atoms with Crippen molar-refractivity contribution in [3.8, 4) is 17.2 Å². The third-order valence-corrected chi connectivity index (χ3v) is 7.14. The summed E-state index contributed by atoms with van der Waals surface area (Å²) in [6.45, 7) is 6.05. The first kappa shape index (κ1) is 29.0. The van der Waals surface area contributed by atoms with Crippen LogP contribution in [0.15, 0.2) is 88.2 Å². The number of oxazole rings is 1. The van der Waals surface area contributed by atoms with Crippen molar-refractivity contribution < 1.29 is 28.2 Å². The van der Waals surface area contributed by atoms with Crippen molar-refractivity contribution in [2.45, 2.75) is 44.4 Å². The molecule has 7 nitrogen and oxygen atoms in total. The number of aromatic nitrogens is 1. The normalized spacial score (nSPS) is 10.9. The number of rotatable bonds is 13. The number of nitrogens with zero attached hydrogens (tertiary/aromatic N) is 1. The Morgan fingerprint density at radius 2 is 1.57 bits per heavy atom. The highest BCUT2D eigenvalue weighted by molar-refractivity contribution is 7.98. The summed E-state index contributed by atoms with van der Waals surface area (Å²) in [5.41, 5.74) is 3.66. The largest absolute Gasteiger partial charge is 0.487 e. The van der Waals surface area contributed by atoms with Crippen LogP contribution < -0.4 is 4.74 Å². The highest BCUT2D eigenvalue weighted by Crippen LogP contribution is 2.27. The number of thioether (sulfide) groups is 1. The van der Waals surface area contributed by atoms with Crippen molar-refractivity contribution in [3.05, 3.63) is 101 Å². The first-order valence-corrected chi connectivity index (χ1v) is 14.2. The second-order valence-electron chi connectivity index (χ2n) is 9.02. The molecule has 0 aliphatic rings. The molecule has 4 aromatic rings. The molecule has 40 heavy (non-hydrogen) atoms. The van der Waals surface area contributed by atoms with Crippen LogP contribution in [0.4, 0.5) is 0 Å². The van der Waals surface area contributed by atoms with Crippen LogP contribution in [0.1, 0.15) is 36.4 Å². The van der Waals surface area contributed by atoms with E-state index in [9.17, 15) is 9.59 Å². The fraction of sp³-hybridized carbons (Fsp3) is 0.281. The van der Waals surface area contributed by atoms with Crippen LogP contribution in [-0.4, -0.2) is 30.1 Å². The minimum atomic E-state index is -0.980. The van der Waals surface area contributed by atoms with Crippen LogP contribution in [0.5, 0.6) is 5.75 Å². The van der Waals surface area contributed by atoms with Gasteiger partial charge in [-0.05, 0) is 74.7 Å². The SMILES string of the molecule is CCOC(=O)C(Cc1cccc(SCc2cccc(OCc3nc(-c4ccccc4)oc3C)c2)c1)C(=O)OCC. The molecule has 208 valence electrons. The maximum atomic E-state index is 12.4. The molecule has 1 aromatic heterocycles. The topological polar surface area (TPSA) is 87.9 Å². The monoisotopic (exact) mass is 559 g/mol. The average Bonchev–Trinajstić information content (AvgIpc) is 3.35. The van der Waals surface area contributed by atoms with Gasteiger partial charge in [0.1, 0.15) is 23.8 Å². The standard InChI is InChI=1S/C32H33NO6S/c1-4-36-31(34)28(32(35)37-5-2)19-23-11-10-16-27(18-23)40-21-24-12-9-15-26(17-24)38-20-29-22(3)39-30(33-29)25-13-7-6-8-14-25/h6-18,28H,4-5,19-21H2,1-3H3. The van der Waals surface area contributed by atoms with E-state index in [4.69, 9.17) is 18.6 Å². The molecule has 0 N–H and O–H groups in total. The first-order valence-electron chi connectivity index (χ1n) is 13.2. The molecule has 0 amide bonds. The molecule has 0 atom stereocenters. The Labute approximate surface area is 238 Å². The molecule has 0 saturated heterocycles. The maximum Gasteiger partial charge on any atom is 0.320 e. The van der Waals surface area contributed by atoms with Gasteiger partial charge in [0.15, 0.2) is 5.92 Å². The molecule has 0 spiro atoms. The van der Waals surface area contributed by atoms with Gasteiger partial charge < -0.3 is 18.6 Å². The second kappa shape index (κ2) is 14.4. The zero-order valence-corrected chi connectivity index (χ0v) is 23.7. The number of hydrogen-bond acceptors (Lipinski definition) is 8. The van der Waals surface area contributed by atoms with Crippen LogP contribution in [0, 0.1) is 12.8 Å². The van der Waals surface area contributed by atoms with Crippen LogP contribution in [0.3, 0.4) is 0 Å². The Balaban J connectivity index is 1.36. The highest BCUT2D eigenvalue weighted by atomic mass is 32.2. The van der Waals surface area contributed by atoms with Gasteiger partial charge in [-0.25, -0.2) is 4.98 Å². The van der Waals surface area contributed by atoms with Crippen molar-refractivity contribution in [2.75, 3.05) is 13.2 Å². The van der Waals surface area contributed by atoms with E-state index in [2.05, 4.69) is 11.1 Å². The van der Waals surface area contributed by atoms with E-state index in [1.54, 1.807) is 25.6 Å². The van der Waals surface area contributed by atoms with E-state index in [0.29, 0.717) is 12.5 Å². The van der Waals surface area contributed by atoms with E-state index < -0.39 is 17.9 Å². The smallest absolute Gasteiger partial charge is 0.320 e. The number of aryl methyl sites for hydroxylation is 1. The molecule has 0 saturated carbocycles. The lowest BCUT2D eigenvalue weighted by molar-refractivity contribution is -0.161. The van der Waals surface area contributed by atoms with Crippen LogP contribution in [0.2, 0.25) is 0 Å². The molecule has 3 aromatic carbocycles. The molecular weight excluding hydrogens is 526 g/mol. The molecule has 0 unspecified atom stereocenters. The van der Waals surface area contributed by atoms with Crippen LogP contribution >= 0.6 is 11.8 Å². The molecule has 0 aliphatic carbocycles. The summed E-state index contributed by atoms with van der Waals surface area (Å²) in [5.74, 6) is 0.689. The number of carbonyl (C=O) groups excluding carboxylic acids is 2. The van der Waals surface area contributed by atoms with Crippen molar-refractivity contribution in [2.24, 2.45) is 5.92 Å². The zero-order chi connectivity index (χ0) is 28.3. The van der Waals surface area contributed by atoms with Gasteiger partial charge >= 0.3 is 11.9 Å². The predicted molar refractivity (Wildman–Crippen MR) is 154 cm³/mol. The molecule has 0 bridgehead atoms. The van der Waals surface area contributed by atoms with Crippen LogP contribution in [0.25, 0.3) is 11.5 Å². The van der Waals surface area contributed by atoms with Gasteiger partial charge in [-0.2, -0.15) is 0 Å². The first-order chi connectivity index (χ1) is 19.5. The van der Waals surface area contributed by atoms with E-state index in [-0.39, 0.29) is 19.6 Å². The lowest BCUT2D eigenvalue weighted by atomic mass is 9.99. The third kappa shape index (κ3) is 7.99. The van der Waals surface area contributed by atoms with Crippen molar-refractivity contribution in [3.63, 3.8) is 0 Å². The molecule has 8 heteroatoms. The summed E-state index contributed by atoms with van der Waals surface area (Å²) in [4.78, 5) is 30.4. The minimum Gasteiger partial charge on any atom is -0.487 e. The van der Waals surface area contributed by atoms with Gasteiger partial charge in [0, 0.05) is 16.2 Å². The summed E-state index contributed by atoms with van der Waals surface area (Å²) >= 11 is 1.66. The minimum absolute atomic E-state index is 0.209. The Morgan fingerprint density at radius 1 is 0.875 bits per heavy atom. The van der Waals surface area contributed by atoms with E-state index >= 15 is 0 Å². The molecular formula is C32H33NO6S. The van der Waals surface area contributed by atoms with E-state index in [1.807, 2.05) is 79.7 Å². The van der Waals surface area contributed by atoms with Gasteiger partial charge in [-0.3, -0.25) is 9.59 Å². The predicted octanol–water partition coefficient (Wildman–Crippen LogP) is 6.81. The number of ether oxygens (including phenoxy) is 3. The van der Waals surface area contributed by atoms with Gasteiger partial charge in [0.25, 0.3) is 0 Å². The Bertz CT molecular complexity index is 1400. The number of hydrogen-bond donors (Lipinski definition) is 0. The van der Waals surface area contributed by atoms with Gasteiger partial charge in [0.2, 0.25) is 5.89 Å². The fourth-order valence-corrected chi connectivity index (χ4v) is 4.98. The molecule has 0 fully saturated rings. The molecule has 4 rings (SSSR count). The second-order valence-corrected chi connectivity index (χ2v) is 10.1. The summed E-state index contributed by atoms with van der Waals surface area (Å²) in [6.07, 6.45) is 0.225. The quantitative estimate of drug-likeness (QED) is 0.100. The Kier molecular flexibility index (Phi) is 10.4. The molecule has 1 heterocycles. The van der Waals surface area contributed by atoms with Crippen molar-refractivity contribution in [1.29, 1.82) is 0 Å². The average molecular weight is 560 g/mol. The fourth-order valence-electron chi connectivity index (χ4n) is 4.06. The summed E-state index contributed by atoms with van der Waals surface area (Å²) in [5, 5.41) is 0. The zero-order valence-electron chi connectivity index (χ0n) is 22.9. The lowest BCUT2D eigenvalue weighted by Gasteiger charge is -2.15. The maximum absolute atomic E-state index is 12.4. The van der Waals surface area contributed by atoms with Crippen LogP contribution in [-0.2, 0) is 37.8 Å². The number of esters is 2. The highest BCUT2D eigenvalue weighted by Gasteiger charge is 2.29. The van der Waals surface area contributed by atoms with Gasteiger partial charge in [0.05, 0.1) is 13.2 Å². The van der Waals surface area contributed by atoms with Gasteiger partial charge in [-0.15, -0.1) is 11.8 Å². The summed E-state index contributed by atoms with van der Waals surface area (Å²) < 4.78 is 22.1. The Morgan fingerprint density at radius 3 is 2.30 bits per heavy atom. The summed E-state index contributed by atoms with van der Waals surface area (Å²) in [6, 6.07) is 25.6. The third-order valence-electron chi connectivity index (χ3n) is 6.07. The van der Waals surface area contributed by atoms with Crippen molar-refractivity contribution in [1.82, 2.24) is 4.98 Å². The molecule has 0 aliphatic heterocycles. The van der Waals surface area contributed by atoms with E-state index in [0.717, 1.165) is 44.5 Å². The van der Waals surface area contributed by atoms with Gasteiger partial charge in [-0.1, -0.05) is 42.5 Å². The van der Waals surface area contributed by atoms with Crippen molar-refractivity contribution >= 4 is 23.7 Å². The Hall–Kier alpha value is -4.04.